The maximum absolute atomic E-state index is 12.2. The van der Waals surface area contributed by atoms with Gasteiger partial charge in [0.05, 0.1) is 15.8 Å². The summed E-state index contributed by atoms with van der Waals surface area (Å²) in [7, 11) is 0. The monoisotopic (exact) mass is 483 g/mol. The summed E-state index contributed by atoms with van der Waals surface area (Å²) in [5, 5.41) is 5.00. The molecule has 0 atom stereocenters. The van der Waals surface area contributed by atoms with Crippen LogP contribution < -0.4 is 10.6 Å². The molecule has 3 aromatic rings. The largest absolute Gasteiger partial charge is 0.452 e. The van der Waals surface area contributed by atoms with Gasteiger partial charge in [-0.05, 0) is 42.7 Å². The second-order valence-corrected chi connectivity index (χ2v) is 10.1. The van der Waals surface area contributed by atoms with Crippen LogP contribution in [0.5, 0.6) is 0 Å². The molecule has 0 radical (unpaired) electrons. The molecule has 0 bridgehead atoms. The lowest BCUT2D eigenvalue weighted by molar-refractivity contribution is -0.123. The number of ether oxygens (including phenoxy) is 1. The van der Waals surface area contributed by atoms with Gasteiger partial charge in [0.15, 0.2) is 10.9 Å². The number of nitrogens with one attached hydrogen (secondary N) is 2. The molecule has 2 N–H and O–H groups in total. The Labute approximate surface area is 200 Å². The minimum atomic E-state index is -0.652. The zero-order valence-corrected chi connectivity index (χ0v) is 19.7. The van der Waals surface area contributed by atoms with Gasteiger partial charge in [-0.15, -0.1) is 11.3 Å². The van der Waals surface area contributed by atoms with E-state index in [9.17, 15) is 14.4 Å². The number of hydrogen-bond donors (Lipinski definition) is 2. The van der Waals surface area contributed by atoms with Gasteiger partial charge >= 0.3 is 12.0 Å². The average Bonchev–Trinajstić information content (AvgIpc) is 3.25. The molecule has 1 aliphatic rings. The Balaban J connectivity index is 1.20. The number of para-hydroxylation sites is 1. The molecule has 1 fully saturated rings. The molecule has 1 heterocycles. The van der Waals surface area contributed by atoms with E-state index in [1.165, 1.54) is 6.42 Å². The number of thiazole rings is 1. The molecule has 0 saturated heterocycles. The number of carbonyl (C=O) groups excluding carboxylic acids is 3. The average molecular weight is 484 g/mol. The van der Waals surface area contributed by atoms with E-state index in [2.05, 4.69) is 21.7 Å². The summed E-state index contributed by atoms with van der Waals surface area (Å²) in [6.07, 6.45) is 5.18. The Bertz CT molecular complexity index is 1090. The highest BCUT2D eigenvalue weighted by Crippen LogP contribution is 2.31. The number of esters is 1. The minimum absolute atomic E-state index is 0.0976. The normalized spacial score (nSPS) is 14.1. The van der Waals surface area contributed by atoms with Crippen LogP contribution in [0, 0.1) is 0 Å². The van der Waals surface area contributed by atoms with Crippen LogP contribution in [-0.4, -0.2) is 35.5 Å². The van der Waals surface area contributed by atoms with E-state index in [-0.39, 0.29) is 6.04 Å². The molecular formula is C24H25N3O4S2. The molecule has 0 spiro atoms. The van der Waals surface area contributed by atoms with Crippen molar-refractivity contribution in [3.8, 4) is 0 Å². The van der Waals surface area contributed by atoms with Gasteiger partial charge in [0.25, 0.3) is 5.91 Å². The number of hydrogen-bond acceptors (Lipinski definition) is 7. The molecular weight excluding hydrogens is 458 g/mol. The van der Waals surface area contributed by atoms with E-state index in [4.69, 9.17) is 4.74 Å². The molecule has 7 nitrogen and oxygen atoms in total. The molecule has 1 saturated carbocycles. The van der Waals surface area contributed by atoms with Gasteiger partial charge in [0.1, 0.15) is 0 Å². The molecule has 0 unspecified atom stereocenters. The summed E-state index contributed by atoms with van der Waals surface area (Å²) >= 11 is 3.30. The fourth-order valence-electron chi connectivity index (χ4n) is 3.64. The lowest BCUT2D eigenvalue weighted by Gasteiger charge is -2.22. The Morgan fingerprint density at radius 1 is 1.03 bits per heavy atom. The van der Waals surface area contributed by atoms with Crippen LogP contribution in [0.15, 0.2) is 52.9 Å². The van der Waals surface area contributed by atoms with Crippen LogP contribution in [0.1, 0.15) is 48.0 Å². The van der Waals surface area contributed by atoms with E-state index < -0.39 is 24.5 Å². The van der Waals surface area contributed by atoms with Crippen molar-refractivity contribution in [1.82, 2.24) is 15.6 Å². The van der Waals surface area contributed by atoms with Crippen molar-refractivity contribution in [1.29, 1.82) is 0 Å². The molecule has 33 heavy (non-hydrogen) atoms. The molecule has 9 heteroatoms. The number of carbonyl (C=O) groups is 3. The maximum atomic E-state index is 12.2. The second-order valence-electron chi connectivity index (χ2n) is 7.87. The van der Waals surface area contributed by atoms with Gasteiger partial charge in [-0.2, -0.15) is 0 Å². The topological polar surface area (TPSA) is 97.4 Å². The molecule has 0 aliphatic heterocycles. The van der Waals surface area contributed by atoms with Crippen molar-refractivity contribution < 1.29 is 19.1 Å². The van der Waals surface area contributed by atoms with Crippen molar-refractivity contribution in [2.75, 3.05) is 6.61 Å². The fraction of sp³-hybridized carbons (Fsp3) is 0.333. The first-order valence-electron chi connectivity index (χ1n) is 10.9. The number of amides is 3. The molecule has 172 valence electrons. The summed E-state index contributed by atoms with van der Waals surface area (Å²) < 4.78 is 7.20. The third kappa shape index (κ3) is 6.79. The number of aromatic nitrogens is 1. The number of benzene rings is 2. The van der Waals surface area contributed by atoms with Gasteiger partial charge in [0, 0.05) is 11.8 Å². The van der Waals surface area contributed by atoms with Crippen LogP contribution >= 0.6 is 23.1 Å². The number of thioether (sulfide) groups is 1. The lowest BCUT2D eigenvalue weighted by Crippen LogP contribution is -2.46. The van der Waals surface area contributed by atoms with E-state index in [1.807, 2.05) is 30.3 Å². The second kappa shape index (κ2) is 11.3. The van der Waals surface area contributed by atoms with Crippen molar-refractivity contribution in [3.63, 3.8) is 0 Å². The van der Waals surface area contributed by atoms with Crippen LogP contribution in [0.3, 0.4) is 0 Å². The standard InChI is InChI=1S/C24H25N3O4S2/c28-21(27-23(30)25-18-6-2-1-3-7-18)14-31-22(29)17-12-10-16(11-13-17)15-32-24-26-19-8-4-5-9-20(19)33-24/h4-5,8-13,18H,1-3,6-7,14-15H2,(H2,25,27,28,30). The first-order chi connectivity index (χ1) is 16.1. The molecule has 3 amide bonds. The van der Waals surface area contributed by atoms with Crippen molar-refractivity contribution in [3.05, 3.63) is 59.7 Å². The molecule has 2 aromatic carbocycles. The van der Waals surface area contributed by atoms with Crippen LogP contribution in [0.4, 0.5) is 4.79 Å². The SMILES string of the molecule is O=C(COC(=O)c1ccc(CSc2nc3ccccc3s2)cc1)NC(=O)NC1CCCCC1. The lowest BCUT2D eigenvalue weighted by atomic mass is 9.96. The number of imide groups is 1. The third-order valence-corrected chi connectivity index (χ3v) is 7.60. The van der Waals surface area contributed by atoms with E-state index in [0.29, 0.717) is 5.56 Å². The number of nitrogens with zero attached hydrogens (tertiary/aromatic N) is 1. The van der Waals surface area contributed by atoms with Gasteiger partial charge in [-0.25, -0.2) is 14.6 Å². The van der Waals surface area contributed by atoms with Crippen molar-refractivity contribution in [2.45, 2.75) is 48.2 Å². The van der Waals surface area contributed by atoms with Gasteiger partial charge in [-0.3, -0.25) is 10.1 Å². The predicted molar refractivity (Wildman–Crippen MR) is 129 cm³/mol. The van der Waals surface area contributed by atoms with E-state index in [0.717, 1.165) is 51.6 Å². The van der Waals surface area contributed by atoms with Crippen LogP contribution in [0.25, 0.3) is 10.2 Å². The summed E-state index contributed by atoms with van der Waals surface area (Å²) in [6.45, 7) is -0.508. The number of fused-ring (bicyclic) bond motifs is 1. The number of urea groups is 1. The summed E-state index contributed by atoms with van der Waals surface area (Å²) in [6, 6.07) is 14.6. The zero-order chi connectivity index (χ0) is 23.0. The Kier molecular flexibility index (Phi) is 7.96. The molecule has 1 aliphatic carbocycles. The van der Waals surface area contributed by atoms with Gasteiger partial charge in [-0.1, -0.05) is 55.3 Å². The first kappa shape index (κ1) is 23.3. The Morgan fingerprint density at radius 3 is 2.55 bits per heavy atom. The molecule has 1 aromatic heterocycles. The first-order valence-corrected chi connectivity index (χ1v) is 12.7. The Hall–Kier alpha value is -2.91. The third-order valence-electron chi connectivity index (χ3n) is 5.35. The van der Waals surface area contributed by atoms with E-state index >= 15 is 0 Å². The predicted octanol–water partition coefficient (Wildman–Crippen LogP) is 4.90. The van der Waals surface area contributed by atoms with Gasteiger partial charge < -0.3 is 10.1 Å². The van der Waals surface area contributed by atoms with Crippen molar-refractivity contribution >= 4 is 51.2 Å². The van der Waals surface area contributed by atoms with E-state index in [1.54, 1.807) is 35.2 Å². The summed E-state index contributed by atoms with van der Waals surface area (Å²) in [4.78, 5) is 40.6. The fourth-order valence-corrected chi connectivity index (χ4v) is 5.66. The van der Waals surface area contributed by atoms with Crippen LogP contribution in [-0.2, 0) is 15.3 Å². The van der Waals surface area contributed by atoms with Crippen LogP contribution in [0.2, 0.25) is 0 Å². The summed E-state index contributed by atoms with van der Waals surface area (Å²) in [5.41, 5.74) is 2.40. The van der Waals surface area contributed by atoms with Crippen molar-refractivity contribution in [2.24, 2.45) is 0 Å². The Morgan fingerprint density at radius 2 is 1.79 bits per heavy atom. The smallest absolute Gasteiger partial charge is 0.338 e. The van der Waals surface area contributed by atoms with Gasteiger partial charge in [0.2, 0.25) is 0 Å². The summed E-state index contributed by atoms with van der Waals surface area (Å²) in [5.74, 6) is -0.531. The minimum Gasteiger partial charge on any atom is -0.452 e. The quantitative estimate of drug-likeness (QED) is 0.366. The zero-order valence-electron chi connectivity index (χ0n) is 18.0. The highest BCUT2D eigenvalue weighted by atomic mass is 32.2. The maximum Gasteiger partial charge on any atom is 0.338 e. The molecule has 4 rings (SSSR count). The number of rotatable bonds is 7. The highest BCUT2D eigenvalue weighted by Gasteiger charge is 2.18. The highest BCUT2D eigenvalue weighted by molar-refractivity contribution is 8.00.